The van der Waals surface area contributed by atoms with Crippen molar-refractivity contribution in [2.24, 2.45) is 11.8 Å². The summed E-state index contributed by atoms with van der Waals surface area (Å²) in [6.07, 6.45) is 10.3. The summed E-state index contributed by atoms with van der Waals surface area (Å²) in [6.45, 7) is 6.22. The maximum Gasteiger partial charge on any atom is 0.0223 e. The van der Waals surface area contributed by atoms with E-state index in [4.69, 9.17) is 0 Å². The zero-order valence-corrected chi connectivity index (χ0v) is 11.3. The first-order valence-electron chi connectivity index (χ1n) is 7.86. The minimum absolute atomic E-state index is 0.808. The molecule has 3 fully saturated rings. The molecule has 3 aliphatic rings. The van der Waals surface area contributed by atoms with E-state index in [9.17, 15) is 0 Å². The third-order valence-electron chi connectivity index (χ3n) is 5.33. The maximum atomic E-state index is 3.79. The highest BCUT2D eigenvalue weighted by molar-refractivity contribution is 4.98. The van der Waals surface area contributed by atoms with Crippen LogP contribution in [0.4, 0.5) is 0 Å². The van der Waals surface area contributed by atoms with Gasteiger partial charge in [-0.2, -0.15) is 0 Å². The molecular weight excluding hydrogens is 208 g/mol. The summed E-state index contributed by atoms with van der Waals surface area (Å²) in [6, 6.07) is 1.76. The van der Waals surface area contributed by atoms with Crippen molar-refractivity contribution in [3.8, 4) is 0 Å². The molecule has 2 heteroatoms. The second-order valence-electron chi connectivity index (χ2n) is 6.43. The Hall–Kier alpha value is -0.0800. The molecule has 0 amide bonds. The molecule has 1 saturated heterocycles. The van der Waals surface area contributed by atoms with Gasteiger partial charge >= 0.3 is 0 Å². The van der Waals surface area contributed by atoms with Gasteiger partial charge < -0.3 is 5.32 Å². The van der Waals surface area contributed by atoms with Crippen LogP contribution in [0.1, 0.15) is 51.9 Å². The van der Waals surface area contributed by atoms with Crippen LogP contribution in [0.5, 0.6) is 0 Å². The fourth-order valence-electron chi connectivity index (χ4n) is 4.07. The average molecular weight is 236 g/mol. The van der Waals surface area contributed by atoms with Crippen molar-refractivity contribution >= 4 is 0 Å². The molecule has 1 N–H and O–H groups in total. The summed E-state index contributed by atoms with van der Waals surface area (Å²) in [7, 11) is 0. The van der Waals surface area contributed by atoms with Gasteiger partial charge in [-0.1, -0.05) is 32.6 Å². The van der Waals surface area contributed by atoms with Crippen LogP contribution in [-0.2, 0) is 0 Å². The van der Waals surface area contributed by atoms with Crippen LogP contribution >= 0.6 is 0 Å². The van der Waals surface area contributed by atoms with Crippen molar-refractivity contribution in [3.05, 3.63) is 0 Å². The minimum Gasteiger partial charge on any atom is -0.311 e. The van der Waals surface area contributed by atoms with Gasteiger partial charge in [0.15, 0.2) is 0 Å². The summed E-state index contributed by atoms with van der Waals surface area (Å²) in [5.74, 6) is 2.01. The Kier molecular flexibility index (Phi) is 3.72. The number of hydrogen-bond donors (Lipinski definition) is 1. The molecular formula is C15H28N2. The van der Waals surface area contributed by atoms with Gasteiger partial charge in [-0.25, -0.2) is 0 Å². The highest BCUT2D eigenvalue weighted by Crippen LogP contribution is 2.39. The van der Waals surface area contributed by atoms with Crippen molar-refractivity contribution in [1.82, 2.24) is 10.2 Å². The van der Waals surface area contributed by atoms with Gasteiger partial charge in [0.25, 0.3) is 0 Å². The Labute approximate surface area is 106 Å². The van der Waals surface area contributed by atoms with Crippen LogP contribution in [0.3, 0.4) is 0 Å². The Balaban J connectivity index is 1.52. The van der Waals surface area contributed by atoms with E-state index in [2.05, 4.69) is 17.1 Å². The summed E-state index contributed by atoms with van der Waals surface area (Å²) in [5, 5.41) is 3.79. The standard InChI is InChI=1S/C15H28N2/c1-2-12-10-15(12)17-9-8-16-14(11-17)13-6-4-3-5-7-13/h12-16H,2-11H2,1H3. The average Bonchev–Trinajstić information content (AvgIpc) is 3.19. The fourth-order valence-corrected chi connectivity index (χ4v) is 4.07. The largest absolute Gasteiger partial charge is 0.311 e. The predicted molar refractivity (Wildman–Crippen MR) is 72.1 cm³/mol. The third-order valence-corrected chi connectivity index (χ3v) is 5.33. The highest BCUT2D eigenvalue weighted by Gasteiger charge is 2.42. The molecule has 0 aromatic rings. The first-order chi connectivity index (χ1) is 8.38. The van der Waals surface area contributed by atoms with E-state index < -0.39 is 0 Å². The van der Waals surface area contributed by atoms with E-state index in [0.717, 1.165) is 23.9 Å². The van der Waals surface area contributed by atoms with Crippen LogP contribution in [0.15, 0.2) is 0 Å². The lowest BCUT2D eigenvalue weighted by molar-refractivity contribution is 0.135. The van der Waals surface area contributed by atoms with Crippen LogP contribution in [0, 0.1) is 11.8 Å². The van der Waals surface area contributed by atoms with E-state index >= 15 is 0 Å². The molecule has 0 spiro atoms. The van der Waals surface area contributed by atoms with Gasteiger partial charge in [-0.3, -0.25) is 4.90 Å². The molecule has 17 heavy (non-hydrogen) atoms. The molecule has 0 radical (unpaired) electrons. The smallest absolute Gasteiger partial charge is 0.0223 e. The van der Waals surface area contributed by atoms with Gasteiger partial charge in [-0.15, -0.1) is 0 Å². The number of hydrogen-bond acceptors (Lipinski definition) is 2. The number of rotatable bonds is 3. The molecule has 0 bridgehead atoms. The summed E-state index contributed by atoms with van der Waals surface area (Å²) in [5.41, 5.74) is 0. The van der Waals surface area contributed by atoms with Crippen molar-refractivity contribution in [3.63, 3.8) is 0 Å². The van der Waals surface area contributed by atoms with Crippen LogP contribution in [0.25, 0.3) is 0 Å². The van der Waals surface area contributed by atoms with Gasteiger partial charge in [-0.05, 0) is 31.1 Å². The lowest BCUT2D eigenvalue weighted by Gasteiger charge is -2.39. The van der Waals surface area contributed by atoms with Crippen molar-refractivity contribution in [1.29, 1.82) is 0 Å². The van der Waals surface area contributed by atoms with Gasteiger partial charge in [0.05, 0.1) is 0 Å². The first kappa shape index (κ1) is 12.0. The third kappa shape index (κ3) is 2.68. The maximum absolute atomic E-state index is 3.79. The van der Waals surface area contributed by atoms with Gasteiger partial charge in [0.2, 0.25) is 0 Å². The molecule has 98 valence electrons. The summed E-state index contributed by atoms with van der Waals surface area (Å²) < 4.78 is 0. The molecule has 1 heterocycles. The lowest BCUT2D eigenvalue weighted by Crippen LogP contribution is -2.54. The predicted octanol–water partition coefficient (Wildman–Crippen LogP) is 2.64. The molecule has 3 rings (SSSR count). The van der Waals surface area contributed by atoms with E-state index in [1.165, 1.54) is 64.6 Å². The van der Waals surface area contributed by atoms with Crippen molar-refractivity contribution < 1.29 is 0 Å². The van der Waals surface area contributed by atoms with Gasteiger partial charge in [0, 0.05) is 31.7 Å². The van der Waals surface area contributed by atoms with E-state index in [1.807, 2.05) is 0 Å². The van der Waals surface area contributed by atoms with Gasteiger partial charge in [0.1, 0.15) is 0 Å². The number of nitrogens with zero attached hydrogens (tertiary/aromatic N) is 1. The van der Waals surface area contributed by atoms with E-state index in [0.29, 0.717) is 0 Å². The first-order valence-corrected chi connectivity index (χ1v) is 7.86. The van der Waals surface area contributed by atoms with Crippen molar-refractivity contribution in [2.75, 3.05) is 19.6 Å². The topological polar surface area (TPSA) is 15.3 Å². The normalized spacial score (nSPS) is 40.4. The lowest BCUT2D eigenvalue weighted by atomic mass is 9.83. The summed E-state index contributed by atoms with van der Waals surface area (Å²) in [4.78, 5) is 2.80. The molecule has 3 atom stereocenters. The minimum atomic E-state index is 0.808. The van der Waals surface area contributed by atoms with Crippen LogP contribution in [-0.4, -0.2) is 36.6 Å². The zero-order valence-electron chi connectivity index (χ0n) is 11.3. The second-order valence-corrected chi connectivity index (χ2v) is 6.43. The molecule has 1 aliphatic heterocycles. The molecule has 2 saturated carbocycles. The molecule has 2 aliphatic carbocycles. The Morgan fingerprint density at radius 2 is 2.00 bits per heavy atom. The van der Waals surface area contributed by atoms with E-state index in [1.54, 1.807) is 0 Å². The quantitative estimate of drug-likeness (QED) is 0.810. The molecule has 2 nitrogen and oxygen atoms in total. The highest BCUT2D eigenvalue weighted by atomic mass is 15.2. The monoisotopic (exact) mass is 236 g/mol. The molecule has 0 aromatic heterocycles. The Morgan fingerprint density at radius 1 is 1.18 bits per heavy atom. The van der Waals surface area contributed by atoms with Crippen molar-refractivity contribution in [2.45, 2.75) is 64.0 Å². The second kappa shape index (κ2) is 5.27. The number of nitrogens with one attached hydrogen (secondary N) is 1. The van der Waals surface area contributed by atoms with Crippen LogP contribution in [0.2, 0.25) is 0 Å². The molecule has 3 unspecified atom stereocenters. The van der Waals surface area contributed by atoms with Crippen LogP contribution < -0.4 is 5.32 Å². The fraction of sp³-hybridized carbons (Fsp3) is 1.00. The SMILES string of the molecule is CCC1CC1N1CCNC(C2CCCCC2)C1. The Bertz CT molecular complexity index is 247. The van der Waals surface area contributed by atoms with E-state index in [-0.39, 0.29) is 0 Å². The molecule has 0 aromatic carbocycles. The summed E-state index contributed by atoms with van der Waals surface area (Å²) >= 11 is 0. The number of piperazine rings is 1. The Morgan fingerprint density at radius 3 is 2.71 bits per heavy atom. The zero-order chi connectivity index (χ0) is 11.7.